The number of hydrogen-bond acceptors (Lipinski definition) is 7. The van der Waals surface area contributed by atoms with E-state index in [0.29, 0.717) is 10.8 Å². The van der Waals surface area contributed by atoms with E-state index in [9.17, 15) is 10.2 Å². The van der Waals surface area contributed by atoms with Crippen molar-refractivity contribution in [1.82, 2.24) is 4.90 Å². The Bertz CT molecular complexity index is 1430. The van der Waals surface area contributed by atoms with Crippen LogP contribution in [0.25, 0.3) is 0 Å². The van der Waals surface area contributed by atoms with Crippen LogP contribution in [0.4, 0.5) is 5.69 Å². The quantitative estimate of drug-likeness (QED) is 0.166. The highest BCUT2D eigenvalue weighted by molar-refractivity contribution is 8.00. The van der Waals surface area contributed by atoms with Gasteiger partial charge in [0, 0.05) is 28.8 Å². The Balaban J connectivity index is 1.36. The average molecular weight is 661 g/mol. The zero-order chi connectivity index (χ0) is 31.4. The van der Waals surface area contributed by atoms with E-state index in [0.717, 1.165) is 53.5 Å². The number of rotatable bonds is 11. The Morgan fingerprint density at radius 1 is 0.822 bits per heavy atom. The molecular formula is C37H41ClN2O3S2. The summed E-state index contributed by atoms with van der Waals surface area (Å²) in [6.45, 7) is 7.84. The van der Waals surface area contributed by atoms with Gasteiger partial charge in [-0.25, -0.2) is 0 Å². The molecule has 8 heteroatoms. The predicted octanol–water partition coefficient (Wildman–Crippen LogP) is 7.13. The molecule has 0 amide bonds. The monoisotopic (exact) mass is 660 g/mol. The van der Waals surface area contributed by atoms with E-state index in [1.807, 2.05) is 36.4 Å². The van der Waals surface area contributed by atoms with Crippen LogP contribution >= 0.6 is 35.1 Å². The third kappa shape index (κ3) is 6.54. The molecule has 0 spiro atoms. The molecule has 2 aliphatic rings. The Hall–Kier alpha value is -2.49. The minimum absolute atomic E-state index is 0.339. The maximum Gasteiger partial charge on any atom is 0.145 e. The molecule has 1 saturated heterocycles. The Kier molecular flexibility index (Phi) is 10.5. The van der Waals surface area contributed by atoms with Gasteiger partial charge in [0.1, 0.15) is 12.3 Å². The second-order valence-corrected chi connectivity index (χ2v) is 14.4. The van der Waals surface area contributed by atoms with Crippen LogP contribution in [-0.2, 0) is 9.48 Å². The molecule has 0 aliphatic carbocycles. The van der Waals surface area contributed by atoms with Crippen molar-refractivity contribution in [3.8, 4) is 0 Å². The third-order valence-electron chi connectivity index (χ3n) is 9.02. The molecule has 6 rings (SSSR count). The van der Waals surface area contributed by atoms with Crippen molar-refractivity contribution in [3.63, 3.8) is 0 Å². The van der Waals surface area contributed by atoms with Gasteiger partial charge in [0.25, 0.3) is 0 Å². The summed E-state index contributed by atoms with van der Waals surface area (Å²) in [5, 5.41) is 23.6. The number of benzene rings is 4. The normalized spacial score (nSPS) is 23.1. The van der Waals surface area contributed by atoms with Crippen molar-refractivity contribution in [3.05, 3.63) is 131 Å². The minimum atomic E-state index is -1.04. The molecule has 2 aliphatic heterocycles. The molecule has 1 fully saturated rings. The number of aliphatic hydroxyl groups excluding tert-OH is 2. The van der Waals surface area contributed by atoms with Gasteiger partial charge in [-0.05, 0) is 48.0 Å². The van der Waals surface area contributed by atoms with E-state index in [1.54, 1.807) is 23.5 Å². The zero-order valence-electron chi connectivity index (χ0n) is 25.7. The molecule has 4 aromatic rings. The van der Waals surface area contributed by atoms with Gasteiger partial charge in [-0.3, -0.25) is 0 Å². The first-order valence-electron chi connectivity index (χ1n) is 15.7. The topological polar surface area (TPSA) is 56.2 Å². The molecule has 2 heterocycles. The number of aliphatic hydroxyl groups is 2. The molecule has 5 nitrogen and oxygen atoms in total. The smallest absolute Gasteiger partial charge is 0.145 e. The van der Waals surface area contributed by atoms with E-state index in [4.69, 9.17) is 16.3 Å². The summed E-state index contributed by atoms with van der Waals surface area (Å²) in [6, 6.07) is 37.5. The van der Waals surface area contributed by atoms with Crippen molar-refractivity contribution in [2.75, 3.05) is 36.8 Å². The van der Waals surface area contributed by atoms with Crippen LogP contribution in [0.2, 0.25) is 5.02 Å². The van der Waals surface area contributed by atoms with E-state index >= 15 is 0 Å². The molecule has 2 N–H and O–H groups in total. The van der Waals surface area contributed by atoms with Gasteiger partial charge in [-0.1, -0.05) is 116 Å². The Labute approximate surface area is 280 Å². The second-order valence-electron chi connectivity index (χ2n) is 11.6. The van der Waals surface area contributed by atoms with Crippen LogP contribution in [0.15, 0.2) is 114 Å². The molecule has 236 valence electrons. The summed E-state index contributed by atoms with van der Waals surface area (Å²) in [6.07, 6.45) is -3.01. The molecule has 0 unspecified atom stereocenters. The molecule has 45 heavy (non-hydrogen) atoms. The molecule has 0 saturated carbocycles. The Morgan fingerprint density at radius 2 is 1.38 bits per heavy atom. The van der Waals surface area contributed by atoms with Gasteiger partial charge in [0.05, 0.1) is 27.9 Å². The zero-order valence-corrected chi connectivity index (χ0v) is 28.1. The van der Waals surface area contributed by atoms with E-state index in [1.165, 1.54) is 0 Å². The number of halogens is 1. The van der Waals surface area contributed by atoms with Gasteiger partial charge in [0.15, 0.2) is 0 Å². The van der Waals surface area contributed by atoms with Crippen molar-refractivity contribution in [2.24, 2.45) is 0 Å². The lowest BCUT2D eigenvalue weighted by molar-refractivity contribution is -0.155. The van der Waals surface area contributed by atoms with Crippen molar-refractivity contribution >= 4 is 40.8 Å². The minimum Gasteiger partial charge on any atom is -0.389 e. The first-order valence-corrected chi connectivity index (χ1v) is 18.0. The highest BCUT2D eigenvalue weighted by Crippen LogP contribution is 2.51. The molecule has 4 aromatic carbocycles. The maximum atomic E-state index is 11.7. The van der Waals surface area contributed by atoms with Gasteiger partial charge in [-0.15, -0.1) is 23.5 Å². The highest BCUT2D eigenvalue weighted by atomic mass is 35.5. The first-order chi connectivity index (χ1) is 22.0. The summed E-state index contributed by atoms with van der Waals surface area (Å²) in [7, 11) is 0. The lowest BCUT2D eigenvalue weighted by Gasteiger charge is -2.51. The summed E-state index contributed by atoms with van der Waals surface area (Å²) in [5.74, 6) is 0.469. The van der Waals surface area contributed by atoms with Gasteiger partial charge in [-0.2, -0.15) is 0 Å². The second kappa shape index (κ2) is 14.5. The molecular weight excluding hydrogens is 620 g/mol. The van der Waals surface area contributed by atoms with Crippen molar-refractivity contribution in [2.45, 2.75) is 53.3 Å². The number of ether oxygens (including phenoxy) is 1. The van der Waals surface area contributed by atoms with Crippen LogP contribution in [0.5, 0.6) is 0 Å². The highest BCUT2D eigenvalue weighted by Gasteiger charge is 2.50. The fourth-order valence-electron chi connectivity index (χ4n) is 6.55. The fraction of sp³-hybridized carbons (Fsp3) is 0.351. The summed E-state index contributed by atoms with van der Waals surface area (Å²) < 4.78 is 6.34. The van der Waals surface area contributed by atoms with Crippen molar-refractivity contribution < 1.29 is 14.9 Å². The molecule has 0 bridgehead atoms. The largest absolute Gasteiger partial charge is 0.389 e. The third-order valence-corrected chi connectivity index (χ3v) is 12.3. The van der Waals surface area contributed by atoms with E-state index in [2.05, 4.69) is 96.4 Å². The number of hydrogen-bond donors (Lipinski definition) is 2. The number of fused-ring (bicyclic) bond motifs is 2. The van der Waals surface area contributed by atoms with Crippen LogP contribution in [-0.4, -0.2) is 76.8 Å². The lowest BCUT2D eigenvalue weighted by Crippen LogP contribution is -2.64. The molecule has 0 radical (unpaired) electrons. The number of anilines is 1. The summed E-state index contributed by atoms with van der Waals surface area (Å²) >= 11 is 9.83. The standard InChI is InChI=1S/C37H41ClN2O3S2/c1-3-39(4-2)22-23-40-30-24-29(38)20-21-32(30)45-35-34(42)33(41)31(43-36(35)40)25-44-37(26-14-8-5-9-15-26,27-16-10-6-11-17-27)28-18-12-7-13-19-28/h5-21,24,31,33-36,41-42H,3-4,22-23,25H2,1-2H3/t31-,33-,34+,35+,36-/m1/s1. The lowest BCUT2D eigenvalue weighted by atomic mass is 9.84. The van der Waals surface area contributed by atoms with E-state index < -0.39 is 29.3 Å². The number of thioether (sulfide) groups is 2. The molecule has 0 aromatic heterocycles. The van der Waals surface area contributed by atoms with Crippen LogP contribution < -0.4 is 4.90 Å². The van der Waals surface area contributed by atoms with Gasteiger partial charge >= 0.3 is 0 Å². The molecule has 5 atom stereocenters. The van der Waals surface area contributed by atoms with E-state index in [-0.39, 0.29) is 5.25 Å². The summed E-state index contributed by atoms with van der Waals surface area (Å²) in [4.78, 5) is 5.68. The average Bonchev–Trinajstić information content (AvgIpc) is 3.09. The first kappa shape index (κ1) is 32.5. The van der Waals surface area contributed by atoms with Crippen LogP contribution in [0.1, 0.15) is 30.5 Å². The van der Waals surface area contributed by atoms with Gasteiger partial charge < -0.3 is 24.7 Å². The number of nitrogens with zero attached hydrogens (tertiary/aromatic N) is 2. The number of likely N-dealkylation sites (N-methyl/N-ethyl adjacent to an activating group) is 1. The fourth-order valence-corrected chi connectivity index (χ4v) is 9.68. The van der Waals surface area contributed by atoms with Gasteiger partial charge in [0.2, 0.25) is 0 Å². The summed E-state index contributed by atoms with van der Waals surface area (Å²) in [5.41, 5.74) is 4.46. The van der Waals surface area contributed by atoms with Crippen LogP contribution in [0, 0.1) is 0 Å². The predicted molar refractivity (Wildman–Crippen MR) is 189 cm³/mol. The maximum absolute atomic E-state index is 11.7. The van der Waals surface area contributed by atoms with Crippen LogP contribution in [0.3, 0.4) is 0 Å². The SMILES string of the molecule is CCN(CC)CCN1c2cc(Cl)ccc2S[C@H]2[C@@H](O)[C@H](O)[C@@H](CSC(c3ccccc3)(c3ccccc3)c3ccccc3)O[C@H]21. The van der Waals surface area contributed by atoms with Crippen molar-refractivity contribution in [1.29, 1.82) is 0 Å². The Morgan fingerprint density at radius 3 is 1.91 bits per heavy atom.